The average Bonchev–Trinajstić information content (AvgIpc) is 2.02. The van der Waals surface area contributed by atoms with E-state index in [0.29, 0.717) is 5.56 Å². The molecule has 0 aliphatic carbocycles. The molecule has 0 aliphatic heterocycles. The standard InChI is InChI=1S/C10H12/c1-3-9(2)10-7-5-4-6-8-10/h3-8H,1-2H3/b9-3+/i2D3,3D. The maximum Gasteiger partial charge on any atom is 0.0576 e. The molecule has 0 spiro atoms. The first-order chi connectivity index (χ1) is 6.43. The van der Waals surface area contributed by atoms with E-state index >= 15 is 0 Å². The van der Waals surface area contributed by atoms with Gasteiger partial charge in [-0.15, -0.1) is 0 Å². The zero-order valence-electron chi connectivity index (χ0n) is 9.89. The van der Waals surface area contributed by atoms with Gasteiger partial charge in [0, 0.05) is 4.11 Å². The Labute approximate surface area is 67.8 Å². The van der Waals surface area contributed by atoms with Gasteiger partial charge in [-0.1, -0.05) is 36.4 Å². The molecule has 0 aliphatic rings. The fraction of sp³-hybridized carbons (Fsp3) is 0.200. The van der Waals surface area contributed by atoms with Crippen molar-refractivity contribution in [3.63, 3.8) is 0 Å². The molecular weight excluding hydrogens is 120 g/mol. The van der Waals surface area contributed by atoms with Gasteiger partial charge in [0.05, 0.1) is 1.37 Å². The Kier molecular flexibility index (Phi) is 1.09. The van der Waals surface area contributed by atoms with Crippen molar-refractivity contribution in [2.75, 3.05) is 0 Å². The fourth-order valence-electron chi connectivity index (χ4n) is 0.749. The molecule has 52 valence electrons. The Bertz CT molecular complexity index is 331. The lowest BCUT2D eigenvalue weighted by molar-refractivity contribution is 1.54. The third-order valence-corrected chi connectivity index (χ3v) is 1.31. The maximum absolute atomic E-state index is 7.45. The summed E-state index contributed by atoms with van der Waals surface area (Å²) in [7, 11) is 0. The van der Waals surface area contributed by atoms with Crippen LogP contribution in [0.15, 0.2) is 36.4 Å². The van der Waals surface area contributed by atoms with Gasteiger partial charge in [0.25, 0.3) is 0 Å². The Morgan fingerprint density at radius 3 is 2.70 bits per heavy atom. The molecule has 0 saturated heterocycles. The van der Waals surface area contributed by atoms with Crippen molar-refractivity contribution in [2.45, 2.75) is 13.8 Å². The number of rotatable bonds is 1. The van der Waals surface area contributed by atoms with Gasteiger partial charge in [-0.05, 0) is 24.9 Å². The molecule has 0 atom stereocenters. The van der Waals surface area contributed by atoms with Crippen LogP contribution < -0.4 is 0 Å². The molecule has 1 rings (SSSR count). The number of benzene rings is 1. The van der Waals surface area contributed by atoms with E-state index in [0.717, 1.165) is 0 Å². The van der Waals surface area contributed by atoms with Crippen molar-refractivity contribution in [1.29, 1.82) is 0 Å². The van der Waals surface area contributed by atoms with Crippen LogP contribution >= 0.6 is 0 Å². The van der Waals surface area contributed by atoms with E-state index in [9.17, 15) is 0 Å². The average molecular weight is 136 g/mol. The minimum Gasteiger partial charge on any atom is -0.0841 e. The highest BCUT2D eigenvalue weighted by atomic mass is 13.9. The quantitative estimate of drug-likeness (QED) is 0.556. The topological polar surface area (TPSA) is 0 Å². The minimum absolute atomic E-state index is 0.0937. The van der Waals surface area contributed by atoms with Gasteiger partial charge < -0.3 is 0 Å². The summed E-state index contributed by atoms with van der Waals surface area (Å²) in [6.07, 6.45) is 0. The smallest absolute Gasteiger partial charge is 0.0576 e. The summed E-state index contributed by atoms with van der Waals surface area (Å²) in [6, 6.07) is 8.86. The van der Waals surface area contributed by atoms with Crippen LogP contribution in [0.5, 0.6) is 0 Å². The predicted octanol–water partition coefficient (Wildman–Crippen LogP) is 3.11. The first-order valence-electron chi connectivity index (χ1n) is 5.16. The summed E-state index contributed by atoms with van der Waals surface area (Å²) in [5, 5.41) is 0. The largest absolute Gasteiger partial charge is 0.0841 e. The van der Waals surface area contributed by atoms with E-state index in [1.807, 2.05) is 6.07 Å². The van der Waals surface area contributed by atoms with Crippen molar-refractivity contribution in [2.24, 2.45) is 0 Å². The van der Waals surface area contributed by atoms with Crippen LogP contribution in [0.4, 0.5) is 0 Å². The first kappa shape index (κ1) is 3.38. The van der Waals surface area contributed by atoms with Crippen molar-refractivity contribution < 1.29 is 5.48 Å². The highest BCUT2D eigenvalue weighted by Crippen LogP contribution is 2.11. The molecule has 0 heterocycles. The van der Waals surface area contributed by atoms with Crippen LogP contribution in [-0.4, -0.2) is 0 Å². The fourth-order valence-corrected chi connectivity index (χ4v) is 0.749. The summed E-state index contributed by atoms with van der Waals surface area (Å²) in [5.41, 5.74) is 0.720. The van der Waals surface area contributed by atoms with Crippen LogP contribution in [0.1, 0.15) is 24.8 Å². The van der Waals surface area contributed by atoms with Crippen LogP contribution in [-0.2, 0) is 0 Å². The highest BCUT2D eigenvalue weighted by Gasteiger charge is 1.88. The molecule has 0 radical (unpaired) electrons. The van der Waals surface area contributed by atoms with Gasteiger partial charge in [0.15, 0.2) is 0 Å². The lowest BCUT2D eigenvalue weighted by Crippen LogP contribution is -1.75. The van der Waals surface area contributed by atoms with E-state index in [4.69, 9.17) is 5.48 Å². The Morgan fingerprint density at radius 2 is 2.20 bits per heavy atom. The second-order valence-corrected chi connectivity index (χ2v) is 1.99. The molecule has 0 amide bonds. The van der Waals surface area contributed by atoms with Crippen molar-refractivity contribution >= 4 is 5.57 Å². The lowest BCUT2D eigenvalue weighted by Gasteiger charge is -1.97. The van der Waals surface area contributed by atoms with E-state index in [1.165, 1.54) is 6.92 Å². The van der Waals surface area contributed by atoms with E-state index < -0.39 is 6.85 Å². The van der Waals surface area contributed by atoms with Gasteiger partial charge in [0.2, 0.25) is 0 Å². The summed E-state index contributed by atoms with van der Waals surface area (Å²) >= 11 is 0. The van der Waals surface area contributed by atoms with E-state index in [1.54, 1.807) is 24.3 Å². The van der Waals surface area contributed by atoms with Crippen molar-refractivity contribution in [3.05, 3.63) is 41.9 Å². The van der Waals surface area contributed by atoms with Gasteiger partial charge in [-0.25, -0.2) is 0 Å². The molecule has 10 heavy (non-hydrogen) atoms. The third kappa shape index (κ3) is 1.47. The van der Waals surface area contributed by atoms with Gasteiger partial charge in [-0.2, -0.15) is 0 Å². The molecule has 1 aromatic rings. The molecule has 0 bridgehead atoms. The molecular formula is C10H12. The maximum atomic E-state index is 7.45. The highest BCUT2D eigenvalue weighted by molar-refractivity contribution is 5.62. The SMILES string of the molecule is [2H]/C(C)=C(\c1ccccc1)C([2H])([2H])[2H]. The van der Waals surface area contributed by atoms with E-state index in [-0.39, 0.29) is 11.6 Å². The monoisotopic (exact) mass is 136 g/mol. The normalized spacial score (nSPS) is 19.7. The number of allylic oxidation sites excluding steroid dienone is 2. The second-order valence-electron chi connectivity index (χ2n) is 1.99. The second kappa shape index (κ2) is 3.21. The number of hydrogen-bond acceptors (Lipinski definition) is 0. The van der Waals surface area contributed by atoms with Gasteiger partial charge in [0.1, 0.15) is 0 Å². The zero-order chi connectivity index (χ0) is 10.8. The molecule has 0 heteroatoms. The zero-order valence-corrected chi connectivity index (χ0v) is 5.89. The van der Waals surface area contributed by atoms with Gasteiger partial charge >= 0.3 is 0 Å². The molecule has 0 unspecified atom stereocenters. The van der Waals surface area contributed by atoms with Crippen LogP contribution in [0.25, 0.3) is 5.57 Å². The summed E-state index contributed by atoms with van der Waals surface area (Å²) in [6.45, 7) is -0.720. The van der Waals surface area contributed by atoms with Crippen LogP contribution in [0.3, 0.4) is 0 Å². The lowest BCUT2D eigenvalue weighted by atomic mass is 10.1. The molecule has 0 N–H and O–H groups in total. The van der Waals surface area contributed by atoms with Gasteiger partial charge in [-0.3, -0.25) is 0 Å². The van der Waals surface area contributed by atoms with E-state index in [2.05, 4.69) is 0 Å². The Morgan fingerprint density at radius 1 is 1.50 bits per heavy atom. The third-order valence-electron chi connectivity index (χ3n) is 1.31. The van der Waals surface area contributed by atoms with Crippen molar-refractivity contribution in [1.82, 2.24) is 0 Å². The molecule has 1 aromatic carbocycles. The summed E-state index contributed by atoms with van der Waals surface area (Å²) < 4.78 is 29.4. The number of hydrogen-bond donors (Lipinski definition) is 0. The predicted molar refractivity (Wildman–Crippen MR) is 45.8 cm³/mol. The molecule has 0 fully saturated rings. The minimum atomic E-state index is -2.22. The van der Waals surface area contributed by atoms with Crippen LogP contribution in [0, 0.1) is 0 Å². The summed E-state index contributed by atoms with van der Waals surface area (Å²) in [4.78, 5) is 0. The van der Waals surface area contributed by atoms with Crippen LogP contribution in [0.2, 0.25) is 0 Å². The molecule has 0 saturated carbocycles. The molecule has 0 nitrogen and oxygen atoms in total. The first-order valence-corrected chi connectivity index (χ1v) is 3.16. The molecule has 0 aromatic heterocycles. The summed E-state index contributed by atoms with van der Waals surface area (Å²) in [5.74, 6) is 0. The Hall–Kier alpha value is -1.04. The van der Waals surface area contributed by atoms with Crippen molar-refractivity contribution in [3.8, 4) is 0 Å². The Balaban J connectivity index is 3.24.